The number of hydrogen-bond donors (Lipinski definition) is 0. The van der Waals surface area contributed by atoms with Crippen molar-refractivity contribution in [1.82, 2.24) is 0 Å². The van der Waals surface area contributed by atoms with Gasteiger partial charge in [-0.2, -0.15) is 0 Å². The van der Waals surface area contributed by atoms with Crippen molar-refractivity contribution in [3.63, 3.8) is 0 Å². The Bertz CT molecular complexity index is 591. The van der Waals surface area contributed by atoms with E-state index in [-0.39, 0.29) is 17.8 Å². The van der Waals surface area contributed by atoms with Crippen LogP contribution in [0.1, 0.15) is 21.5 Å². The lowest BCUT2D eigenvalue weighted by molar-refractivity contribution is 0.0989. The number of aryl methyl sites for hydroxylation is 1. The van der Waals surface area contributed by atoms with Crippen molar-refractivity contribution in [2.24, 2.45) is 0 Å². The molecule has 0 aliphatic heterocycles. The first-order valence-corrected chi connectivity index (χ1v) is 5.60. The van der Waals surface area contributed by atoms with Crippen molar-refractivity contribution in [2.45, 2.75) is 13.3 Å². The van der Waals surface area contributed by atoms with E-state index < -0.39 is 11.6 Å². The van der Waals surface area contributed by atoms with E-state index in [2.05, 4.69) is 0 Å². The number of hydrogen-bond acceptors (Lipinski definition) is 1. The zero-order valence-corrected chi connectivity index (χ0v) is 9.91. The molecule has 0 radical (unpaired) electrons. The zero-order valence-electron chi connectivity index (χ0n) is 9.91. The first kappa shape index (κ1) is 12.4. The number of rotatable bonds is 3. The minimum absolute atomic E-state index is 0.00224. The molecule has 3 heteroatoms. The van der Waals surface area contributed by atoms with Crippen LogP contribution in [0.3, 0.4) is 0 Å². The average Bonchev–Trinajstić information content (AvgIpc) is 2.28. The zero-order chi connectivity index (χ0) is 13.1. The van der Waals surface area contributed by atoms with E-state index in [4.69, 9.17) is 0 Å². The van der Waals surface area contributed by atoms with Crippen LogP contribution in [-0.4, -0.2) is 5.78 Å². The van der Waals surface area contributed by atoms with Gasteiger partial charge in [0.15, 0.2) is 5.78 Å². The molecule has 0 fully saturated rings. The number of Topliss-reactive ketones (excluding diaryl/α,β-unsaturated/α-hetero) is 1. The average molecular weight is 246 g/mol. The van der Waals surface area contributed by atoms with Gasteiger partial charge < -0.3 is 0 Å². The molecule has 0 aliphatic carbocycles. The van der Waals surface area contributed by atoms with Gasteiger partial charge in [0.1, 0.15) is 11.6 Å². The molecule has 0 unspecified atom stereocenters. The minimum atomic E-state index is -0.531. The van der Waals surface area contributed by atoms with Gasteiger partial charge >= 0.3 is 0 Å². The third-order valence-corrected chi connectivity index (χ3v) is 2.68. The maximum absolute atomic E-state index is 13.6. The summed E-state index contributed by atoms with van der Waals surface area (Å²) in [6.45, 7) is 1.75. The van der Waals surface area contributed by atoms with Gasteiger partial charge in [-0.1, -0.05) is 18.2 Å². The van der Waals surface area contributed by atoms with Crippen LogP contribution in [0.15, 0.2) is 42.5 Å². The van der Waals surface area contributed by atoms with Crippen molar-refractivity contribution < 1.29 is 13.6 Å². The number of carbonyl (C=O) groups excluding carboxylic acids is 1. The molecule has 92 valence electrons. The van der Waals surface area contributed by atoms with Crippen LogP contribution in [0, 0.1) is 18.6 Å². The van der Waals surface area contributed by atoms with Gasteiger partial charge in [-0.15, -0.1) is 0 Å². The molecule has 0 aliphatic rings. The largest absolute Gasteiger partial charge is 0.294 e. The quantitative estimate of drug-likeness (QED) is 0.755. The van der Waals surface area contributed by atoms with Crippen LogP contribution in [0.2, 0.25) is 0 Å². The van der Waals surface area contributed by atoms with E-state index in [0.29, 0.717) is 5.56 Å². The molecule has 0 spiro atoms. The molecule has 0 N–H and O–H groups in total. The smallest absolute Gasteiger partial charge is 0.170 e. The topological polar surface area (TPSA) is 17.1 Å². The molecule has 2 rings (SSSR count). The van der Waals surface area contributed by atoms with Gasteiger partial charge in [0.25, 0.3) is 0 Å². The summed E-state index contributed by atoms with van der Waals surface area (Å²) in [6, 6.07) is 10.2. The molecule has 0 aromatic heterocycles. The third-order valence-electron chi connectivity index (χ3n) is 2.68. The summed E-state index contributed by atoms with van der Waals surface area (Å²) in [7, 11) is 0. The Kier molecular flexibility index (Phi) is 3.51. The van der Waals surface area contributed by atoms with Gasteiger partial charge in [-0.3, -0.25) is 4.79 Å². The Morgan fingerprint density at radius 3 is 2.56 bits per heavy atom. The first-order chi connectivity index (χ1) is 8.56. The van der Waals surface area contributed by atoms with Crippen LogP contribution in [0.4, 0.5) is 8.78 Å². The third kappa shape index (κ3) is 2.80. The van der Waals surface area contributed by atoms with Crippen molar-refractivity contribution >= 4 is 5.78 Å². The highest BCUT2D eigenvalue weighted by molar-refractivity contribution is 5.97. The fraction of sp³-hybridized carbons (Fsp3) is 0.133. The summed E-state index contributed by atoms with van der Waals surface area (Å²) in [6.07, 6.45) is -0.00224. The molecule has 0 saturated heterocycles. The number of halogens is 2. The molecular formula is C15H12F2O. The lowest BCUT2D eigenvalue weighted by Crippen LogP contribution is -2.06. The van der Waals surface area contributed by atoms with Gasteiger partial charge in [0.2, 0.25) is 0 Å². The van der Waals surface area contributed by atoms with Gasteiger partial charge in [0.05, 0.1) is 5.56 Å². The highest BCUT2D eigenvalue weighted by atomic mass is 19.1. The molecule has 0 atom stereocenters. The molecule has 0 saturated carbocycles. The highest BCUT2D eigenvalue weighted by Crippen LogP contribution is 2.14. The molecule has 0 bridgehead atoms. The van der Waals surface area contributed by atoms with Gasteiger partial charge in [-0.05, 0) is 42.3 Å². The van der Waals surface area contributed by atoms with Gasteiger partial charge in [0, 0.05) is 6.42 Å². The molecule has 18 heavy (non-hydrogen) atoms. The van der Waals surface area contributed by atoms with Crippen LogP contribution >= 0.6 is 0 Å². The van der Waals surface area contributed by atoms with E-state index in [1.165, 1.54) is 30.3 Å². The predicted octanol–water partition coefficient (Wildman–Crippen LogP) is 3.70. The van der Waals surface area contributed by atoms with E-state index >= 15 is 0 Å². The standard InChI is InChI=1S/C15H12F2O/c1-10-5-6-13(14(17)7-10)15(18)9-11-3-2-4-12(16)8-11/h2-8H,9H2,1H3. The number of benzene rings is 2. The fourth-order valence-electron chi connectivity index (χ4n) is 1.77. The first-order valence-electron chi connectivity index (χ1n) is 5.60. The second-order valence-electron chi connectivity index (χ2n) is 4.21. The van der Waals surface area contributed by atoms with Crippen LogP contribution in [0.5, 0.6) is 0 Å². The Hall–Kier alpha value is -2.03. The van der Waals surface area contributed by atoms with Crippen LogP contribution in [-0.2, 0) is 6.42 Å². The predicted molar refractivity (Wildman–Crippen MR) is 65.6 cm³/mol. The lowest BCUT2D eigenvalue weighted by atomic mass is 10.0. The molecule has 2 aromatic carbocycles. The van der Waals surface area contributed by atoms with E-state index in [0.717, 1.165) is 5.56 Å². The Labute approximate surface area is 104 Å². The van der Waals surface area contributed by atoms with Crippen LogP contribution in [0.25, 0.3) is 0 Å². The summed E-state index contributed by atoms with van der Waals surface area (Å²) in [5.74, 6) is -1.28. The second kappa shape index (κ2) is 5.08. The lowest BCUT2D eigenvalue weighted by Gasteiger charge is -2.04. The highest BCUT2D eigenvalue weighted by Gasteiger charge is 2.12. The fourth-order valence-corrected chi connectivity index (χ4v) is 1.77. The van der Waals surface area contributed by atoms with E-state index in [1.807, 2.05) is 0 Å². The molecule has 0 amide bonds. The Morgan fingerprint density at radius 1 is 1.11 bits per heavy atom. The molecule has 0 heterocycles. The van der Waals surface area contributed by atoms with Crippen molar-refractivity contribution in [3.8, 4) is 0 Å². The summed E-state index contributed by atoms with van der Waals surface area (Å²) in [4.78, 5) is 11.9. The monoisotopic (exact) mass is 246 g/mol. The number of carbonyl (C=O) groups is 1. The van der Waals surface area contributed by atoms with Crippen molar-refractivity contribution in [1.29, 1.82) is 0 Å². The Morgan fingerprint density at radius 2 is 1.89 bits per heavy atom. The summed E-state index contributed by atoms with van der Waals surface area (Å²) < 4.78 is 26.6. The van der Waals surface area contributed by atoms with Gasteiger partial charge in [-0.25, -0.2) is 8.78 Å². The maximum atomic E-state index is 13.6. The Balaban J connectivity index is 2.22. The van der Waals surface area contributed by atoms with E-state index in [9.17, 15) is 13.6 Å². The number of ketones is 1. The molecular weight excluding hydrogens is 234 g/mol. The second-order valence-corrected chi connectivity index (χ2v) is 4.21. The maximum Gasteiger partial charge on any atom is 0.170 e. The summed E-state index contributed by atoms with van der Waals surface area (Å²) >= 11 is 0. The van der Waals surface area contributed by atoms with E-state index in [1.54, 1.807) is 19.1 Å². The van der Waals surface area contributed by atoms with Crippen molar-refractivity contribution in [3.05, 3.63) is 70.8 Å². The SMILES string of the molecule is Cc1ccc(C(=O)Cc2cccc(F)c2)c(F)c1. The summed E-state index contributed by atoms with van der Waals surface area (Å²) in [5, 5.41) is 0. The molecule has 2 aromatic rings. The summed E-state index contributed by atoms with van der Waals surface area (Å²) in [5.41, 5.74) is 1.35. The molecule has 1 nitrogen and oxygen atoms in total. The van der Waals surface area contributed by atoms with Crippen LogP contribution < -0.4 is 0 Å². The minimum Gasteiger partial charge on any atom is -0.294 e. The van der Waals surface area contributed by atoms with Crippen molar-refractivity contribution in [2.75, 3.05) is 0 Å². The normalized spacial score (nSPS) is 10.4.